The van der Waals surface area contributed by atoms with E-state index < -0.39 is 41.2 Å². The minimum absolute atomic E-state index is 0.117. The maximum Gasteiger partial charge on any atom is 0.414 e. The number of hydrogen-bond donors (Lipinski definition) is 5. The highest BCUT2D eigenvalue weighted by molar-refractivity contribution is 6.01. The number of nitrogens with zero attached hydrogens (tertiary/aromatic N) is 1. The van der Waals surface area contributed by atoms with Gasteiger partial charge in [0.1, 0.15) is 17.2 Å². The Morgan fingerprint density at radius 1 is 0.857 bits per heavy atom. The molecule has 0 aliphatic heterocycles. The fraction of sp³-hybridized carbons (Fsp3) is 0.727. The maximum atomic E-state index is 12.1. The number of carbonyl (C=O) groups excluding carboxylic acids is 5. The average Bonchev–Trinajstić information content (AvgIpc) is 2.64. The average molecular weight is 501 g/mol. The van der Waals surface area contributed by atoms with Crippen molar-refractivity contribution in [2.24, 2.45) is 10.7 Å². The van der Waals surface area contributed by atoms with Gasteiger partial charge >= 0.3 is 12.2 Å². The lowest BCUT2D eigenvalue weighted by Gasteiger charge is -2.22. The summed E-state index contributed by atoms with van der Waals surface area (Å²) in [5.41, 5.74) is 3.85. The summed E-state index contributed by atoms with van der Waals surface area (Å²) in [6.45, 7) is 11.5. The number of amides is 5. The van der Waals surface area contributed by atoms with Gasteiger partial charge in [-0.2, -0.15) is 0 Å². The molecule has 35 heavy (non-hydrogen) atoms. The number of primary amides is 1. The van der Waals surface area contributed by atoms with E-state index in [2.05, 4.69) is 26.3 Å². The van der Waals surface area contributed by atoms with Gasteiger partial charge in [0.25, 0.3) is 0 Å². The second-order valence-electron chi connectivity index (χ2n) is 9.77. The highest BCUT2D eigenvalue weighted by atomic mass is 16.6. The minimum Gasteiger partial charge on any atom is -0.444 e. The Morgan fingerprint density at radius 3 is 1.80 bits per heavy atom. The molecule has 13 heteroatoms. The first kappa shape index (κ1) is 31.6. The minimum atomic E-state index is -0.863. The van der Waals surface area contributed by atoms with Gasteiger partial charge in [0.05, 0.1) is 6.54 Å². The van der Waals surface area contributed by atoms with E-state index in [9.17, 15) is 24.0 Å². The number of ether oxygens (including phenoxy) is 2. The number of guanidine groups is 1. The number of aliphatic imine (C=N–C) groups is 1. The molecule has 0 saturated carbocycles. The van der Waals surface area contributed by atoms with Crippen molar-refractivity contribution < 1.29 is 33.4 Å². The quantitative estimate of drug-likeness (QED) is 0.168. The van der Waals surface area contributed by atoms with Crippen LogP contribution in [0, 0.1) is 0 Å². The van der Waals surface area contributed by atoms with Crippen molar-refractivity contribution in [1.82, 2.24) is 21.3 Å². The van der Waals surface area contributed by atoms with E-state index in [1.54, 1.807) is 41.5 Å². The van der Waals surface area contributed by atoms with Crippen LogP contribution >= 0.6 is 0 Å². The van der Waals surface area contributed by atoms with Crippen LogP contribution in [0.25, 0.3) is 0 Å². The van der Waals surface area contributed by atoms with Crippen LogP contribution in [0.1, 0.15) is 74.1 Å². The second-order valence-corrected chi connectivity index (χ2v) is 9.77. The summed E-state index contributed by atoms with van der Waals surface area (Å²) in [5.74, 6) is -1.67. The van der Waals surface area contributed by atoms with Crippen LogP contribution in [-0.4, -0.2) is 66.2 Å². The van der Waals surface area contributed by atoms with E-state index in [1.807, 2.05) is 0 Å². The number of unbranched alkanes of at least 4 members (excludes halogenated alkanes) is 2. The van der Waals surface area contributed by atoms with E-state index in [-0.39, 0.29) is 25.0 Å². The van der Waals surface area contributed by atoms with Crippen LogP contribution in [0.3, 0.4) is 0 Å². The van der Waals surface area contributed by atoms with Gasteiger partial charge in [-0.3, -0.25) is 30.0 Å². The number of rotatable bonds is 10. The Balaban J connectivity index is 4.79. The third-order valence-corrected chi connectivity index (χ3v) is 3.84. The summed E-state index contributed by atoms with van der Waals surface area (Å²) >= 11 is 0. The summed E-state index contributed by atoms with van der Waals surface area (Å²) in [4.78, 5) is 62.6. The molecule has 0 bridgehead atoms. The van der Waals surface area contributed by atoms with Crippen LogP contribution < -0.4 is 27.0 Å². The molecule has 6 N–H and O–H groups in total. The predicted molar refractivity (Wildman–Crippen MR) is 129 cm³/mol. The Bertz CT molecular complexity index is 752. The van der Waals surface area contributed by atoms with E-state index in [4.69, 9.17) is 15.2 Å². The molecule has 200 valence electrons. The van der Waals surface area contributed by atoms with Crippen molar-refractivity contribution in [3.63, 3.8) is 0 Å². The van der Waals surface area contributed by atoms with Crippen LogP contribution in [-0.2, 0) is 23.9 Å². The number of nitrogens with two attached hydrogens (primary N) is 1. The molecule has 0 unspecified atom stereocenters. The van der Waals surface area contributed by atoms with E-state index in [0.29, 0.717) is 25.7 Å². The second kappa shape index (κ2) is 14.8. The van der Waals surface area contributed by atoms with Crippen molar-refractivity contribution in [3.05, 3.63) is 0 Å². The standard InChI is InChI=1S/C22H40N6O7/c1-14(29)25-13-16(30)26-15(17(23)31)11-9-8-10-12-24-18(27-19(32)34-21(2,3)4)28-20(33)35-22(5,6)7/h15H,8-13H2,1-7H3,(H2,23,31)(H,25,29)(H,26,30)(H2,24,27,28,32,33)/t15-/m0/s1. The molecule has 0 rings (SSSR count). The molecule has 0 aliphatic rings. The normalized spacial score (nSPS) is 12.0. The molecule has 0 aromatic rings. The fourth-order valence-electron chi connectivity index (χ4n) is 2.47. The van der Waals surface area contributed by atoms with Crippen molar-refractivity contribution in [2.75, 3.05) is 13.1 Å². The summed E-state index contributed by atoms with van der Waals surface area (Å²) in [7, 11) is 0. The number of carbonyl (C=O) groups is 5. The van der Waals surface area contributed by atoms with Gasteiger partial charge in [0.2, 0.25) is 23.7 Å². The van der Waals surface area contributed by atoms with Crippen LogP contribution in [0.2, 0.25) is 0 Å². The molecule has 0 aromatic heterocycles. The molecule has 0 aliphatic carbocycles. The van der Waals surface area contributed by atoms with Gasteiger partial charge in [-0.25, -0.2) is 9.59 Å². The molecule has 1 atom stereocenters. The molecular formula is C22H40N6O7. The zero-order chi connectivity index (χ0) is 27.2. The third kappa shape index (κ3) is 18.7. The monoisotopic (exact) mass is 500 g/mol. The highest BCUT2D eigenvalue weighted by Crippen LogP contribution is 2.08. The number of alkyl carbamates (subject to hydrolysis) is 2. The number of hydrogen-bond acceptors (Lipinski definition) is 8. The molecule has 0 aromatic carbocycles. The summed E-state index contributed by atoms with van der Waals surface area (Å²) < 4.78 is 10.4. The van der Waals surface area contributed by atoms with Crippen LogP contribution in [0.15, 0.2) is 4.99 Å². The molecule has 0 radical (unpaired) electrons. The van der Waals surface area contributed by atoms with Crippen molar-refractivity contribution in [3.8, 4) is 0 Å². The van der Waals surface area contributed by atoms with E-state index >= 15 is 0 Å². The first-order chi connectivity index (χ1) is 16.0. The Kier molecular flexibility index (Phi) is 13.4. The van der Waals surface area contributed by atoms with E-state index in [1.165, 1.54) is 6.92 Å². The van der Waals surface area contributed by atoms with Gasteiger partial charge < -0.3 is 25.8 Å². The zero-order valence-corrected chi connectivity index (χ0v) is 21.7. The largest absolute Gasteiger partial charge is 0.444 e. The van der Waals surface area contributed by atoms with Crippen LogP contribution in [0.4, 0.5) is 9.59 Å². The van der Waals surface area contributed by atoms with Gasteiger partial charge in [-0.15, -0.1) is 0 Å². The van der Waals surface area contributed by atoms with Crippen molar-refractivity contribution >= 4 is 35.9 Å². The van der Waals surface area contributed by atoms with E-state index in [0.717, 1.165) is 0 Å². The summed E-state index contributed by atoms with van der Waals surface area (Å²) in [6.07, 6.45) is 0.474. The number of nitrogens with one attached hydrogen (secondary N) is 4. The SMILES string of the molecule is CC(=O)NCC(=O)N[C@@H](CCCCCN=C(NC(=O)OC(C)(C)C)NC(=O)OC(C)(C)C)C(N)=O. The lowest BCUT2D eigenvalue weighted by molar-refractivity contribution is -0.128. The molecule has 5 amide bonds. The van der Waals surface area contributed by atoms with Crippen molar-refractivity contribution in [2.45, 2.75) is 91.4 Å². The first-order valence-corrected chi connectivity index (χ1v) is 11.4. The highest BCUT2D eigenvalue weighted by Gasteiger charge is 2.21. The lowest BCUT2D eigenvalue weighted by Crippen LogP contribution is -2.47. The fourth-order valence-corrected chi connectivity index (χ4v) is 2.47. The Morgan fingerprint density at radius 2 is 1.37 bits per heavy atom. The van der Waals surface area contributed by atoms with Gasteiger partial charge in [-0.1, -0.05) is 12.8 Å². The van der Waals surface area contributed by atoms with Gasteiger partial charge in [-0.05, 0) is 54.4 Å². The topological polar surface area (TPSA) is 190 Å². The molecule has 0 fully saturated rings. The first-order valence-electron chi connectivity index (χ1n) is 11.4. The molecule has 13 nitrogen and oxygen atoms in total. The molecule has 0 spiro atoms. The summed E-state index contributed by atoms with van der Waals surface area (Å²) in [5, 5.41) is 9.61. The lowest BCUT2D eigenvalue weighted by atomic mass is 10.1. The predicted octanol–water partition coefficient (Wildman–Crippen LogP) is 1.06. The Hall–Kier alpha value is -3.38. The van der Waals surface area contributed by atoms with Gasteiger partial charge in [0, 0.05) is 13.5 Å². The summed E-state index contributed by atoms with van der Waals surface area (Å²) in [6, 6.07) is -0.863. The van der Waals surface area contributed by atoms with Crippen molar-refractivity contribution in [1.29, 1.82) is 0 Å². The molecular weight excluding hydrogens is 460 g/mol. The van der Waals surface area contributed by atoms with Crippen LogP contribution in [0.5, 0.6) is 0 Å². The molecule has 0 heterocycles. The maximum absolute atomic E-state index is 12.1. The Labute approximate surface area is 206 Å². The zero-order valence-electron chi connectivity index (χ0n) is 21.7. The smallest absolute Gasteiger partial charge is 0.414 e. The van der Waals surface area contributed by atoms with Gasteiger partial charge in [0.15, 0.2) is 0 Å². The third-order valence-electron chi connectivity index (χ3n) is 3.84. The molecule has 0 saturated heterocycles.